The van der Waals surface area contributed by atoms with Crippen molar-refractivity contribution in [2.45, 2.75) is 19.3 Å². The zero-order valence-electron chi connectivity index (χ0n) is 13.0. The van der Waals surface area contributed by atoms with Gasteiger partial charge in [-0.05, 0) is 24.1 Å². The highest BCUT2D eigenvalue weighted by Gasteiger charge is 2.32. The molecule has 0 atom stereocenters. The molecule has 8 heteroatoms. The van der Waals surface area contributed by atoms with Crippen LogP contribution in [0.15, 0.2) is 18.2 Å². The molecule has 1 N–H and O–H groups in total. The van der Waals surface area contributed by atoms with E-state index in [0.717, 1.165) is 5.56 Å². The Labute approximate surface area is 133 Å². The molecule has 0 saturated carbocycles. The van der Waals surface area contributed by atoms with Gasteiger partial charge in [-0.15, -0.1) is 5.06 Å². The summed E-state index contributed by atoms with van der Waals surface area (Å²) in [5.41, 5.74) is 0.927. The van der Waals surface area contributed by atoms with E-state index in [1.165, 1.54) is 0 Å². The second kappa shape index (κ2) is 7.48. The summed E-state index contributed by atoms with van der Waals surface area (Å²) in [5.74, 6) is 0.200. The molecular formula is C15H18N2O6. The zero-order chi connectivity index (χ0) is 16.8. The summed E-state index contributed by atoms with van der Waals surface area (Å²) in [7, 11) is 3.09. The molecule has 1 aliphatic rings. The summed E-state index contributed by atoms with van der Waals surface area (Å²) in [6.07, 6.45) is -0.179. The van der Waals surface area contributed by atoms with Gasteiger partial charge in [0, 0.05) is 19.4 Å². The lowest BCUT2D eigenvalue weighted by molar-refractivity contribution is -0.171. The number of ether oxygens (including phenoxy) is 2. The molecule has 0 spiro atoms. The van der Waals surface area contributed by atoms with Crippen LogP contribution in [0.1, 0.15) is 18.4 Å². The Bertz CT molecular complexity index is 600. The van der Waals surface area contributed by atoms with Gasteiger partial charge in [-0.2, -0.15) is 0 Å². The van der Waals surface area contributed by atoms with E-state index in [0.29, 0.717) is 23.0 Å². The highest BCUT2D eigenvalue weighted by Crippen LogP contribution is 2.27. The van der Waals surface area contributed by atoms with Crippen molar-refractivity contribution in [2.24, 2.45) is 0 Å². The predicted octanol–water partition coefficient (Wildman–Crippen LogP) is 1.04. The molecule has 0 radical (unpaired) electrons. The van der Waals surface area contributed by atoms with E-state index in [1.807, 2.05) is 6.07 Å². The number of rotatable bonds is 6. The van der Waals surface area contributed by atoms with Crippen molar-refractivity contribution in [1.82, 2.24) is 10.4 Å². The fourth-order valence-corrected chi connectivity index (χ4v) is 2.12. The van der Waals surface area contributed by atoms with E-state index in [1.54, 1.807) is 26.4 Å². The van der Waals surface area contributed by atoms with E-state index in [4.69, 9.17) is 14.3 Å². The van der Waals surface area contributed by atoms with Gasteiger partial charge in [-0.25, -0.2) is 4.79 Å². The average Bonchev–Trinajstić information content (AvgIpc) is 2.86. The van der Waals surface area contributed by atoms with Crippen molar-refractivity contribution in [1.29, 1.82) is 0 Å². The summed E-state index contributed by atoms with van der Waals surface area (Å²) in [6.45, 7) is 0.282. The molecular weight excluding hydrogens is 304 g/mol. The van der Waals surface area contributed by atoms with Crippen molar-refractivity contribution in [3.8, 4) is 11.5 Å². The number of nitrogens with one attached hydrogen (secondary N) is 1. The molecule has 2 rings (SSSR count). The van der Waals surface area contributed by atoms with E-state index < -0.39 is 17.9 Å². The van der Waals surface area contributed by atoms with Crippen LogP contribution in [0.3, 0.4) is 0 Å². The summed E-state index contributed by atoms with van der Waals surface area (Å²) in [6, 6.07) is 5.43. The Morgan fingerprint density at radius 1 is 1.13 bits per heavy atom. The second-order valence-corrected chi connectivity index (χ2v) is 4.83. The molecule has 124 valence electrons. The number of hydroxylamine groups is 2. The van der Waals surface area contributed by atoms with Crippen LogP contribution in [0.2, 0.25) is 0 Å². The molecule has 1 heterocycles. The van der Waals surface area contributed by atoms with Crippen molar-refractivity contribution >= 4 is 17.9 Å². The lowest BCUT2D eigenvalue weighted by atomic mass is 10.1. The fourth-order valence-electron chi connectivity index (χ4n) is 2.12. The molecule has 3 amide bonds. The van der Waals surface area contributed by atoms with Gasteiger partial charge in [0.2, 0.25) is 0 Å². The normalized spacial score (nSPS) is 13.9. The van der Waals surface area contributed by atoms with Gasteiger partial charge < -0.3 is 19.6 Å². The lowest BCUT2D eigenvalue weighted by Crippen LogP contribution is -2.37. The maximum Gasteiger partial charge on any atom is 0.432 e. The molecule has 0 aliphatic carbocycles. The Hall–Kier alpha value is -2.77. The third-order valence-corrected chi connectivity index (χ3v) is 3.31. The first-order chi connectivity index (χ1) is 11.0. The maximum absolute atomic E-state index is 11.6. The van der Waals surface area contributed by atoms with Gasteiger partial charge in [0.15, 0.2) is 11.5 Å². The predicted molar refractivity (Wildman–Crippen MR) is 78.8 cm³/mol. The number of imide groups is 1. The number of carbonyl (C=O) groups is 3. The van der Waals surface area contributed by atoms with Crippen molar-refractivity contribution in [3.05, 3.63) is 23.8 Å². The monoisotopic (exact) mass is 322 g/mol. The van der Waals surface area contributed by atoms with Gasteiger partial charge in [-0.3, -0.25) is 9.59 Å². The summed E-state index contributed by atoms with van der Waals surface area (Å²) < 4.78 is 10.3. The number of hydrogen-bond donors (Lipinski definition) is 1. The number of nitrogens with zero attached hydrogens (tertiary/aromatic N) is 1. The third-order valence-electron chi connectivity index (χ3n) is 3.31. The van der Waals surface area contributed by atoms with Crippen molar-refractivity contribution < 1.29 is 28.7 Å². The molecule has 1 saturated heterocycles. The van der Waals surface area contributed by atoms with E-state index in [-0.39, 0.29) is 19.4 Å². The maximum atomic E-state index is 11.6. The van der Waals surface area contributed by atoms with Crippen molar-refractivity contribution in [2.75, 3.05) is 20.8 Å². The molecule has 8 nitrogen and oxygen atoms in total. The number of amides is 3. The van der Waals surface area contributed by atoms with E-state index in [2.05, 4.69) is 5.32 Å². The average molecular weight is 322 g/mol. The van der Waals surface area contributed by atoms with Gasteiger partial charge in [-0.1, -0.05) is 6.07 Å². The molecule has 0 aromatic heterocycles. The summed E-state index contributed by atoms with van der Waals surface area (Å²) in [4.78, 5) is 38.9. The quantitative estimate of drug-likeness (QED) is 0.786. The Morgan fingerprint density at radius 3 is 2.39 bits per heavy atom. The van der Waals surface area contributed by atoms with Crippen LogP contribution in [0.25, 0.3) is 0 Å². The van der Waals surface area contributed by atoms with Crippen LogP contribution < -0.4 is 14.8 Å². The van der Waals surface area contributed by atoms with Crippen LogP contribution >= 0.6 is 0 Å². The highest BCUT2D eigenvalue weighted by atomic mass is 16.7. The minimum Gasteiger partial charge on any atom is -0.493 e. The SMILES string of the molecule is COc1ccc(CCNC(=O)ON2C(=O)CCC2=O)cc1OC. The molecule has 1 aliphatic heterocycles. The van der Waals surface area contributed by atoms with E-state index in [9.17, 15) is 14.4 Å². The smallest absolute Gasteiger partial charge is 0.432 e. The van der Waals surface area contributed by atoms with Gasteiger partial charge in [0.05, 0.1) is 14.2 Å². The highest BCUT2D eigenvalue weighted by molar-refractivity contribution is 6.01. The zero-order valence-corrected chi connectivity index (χ0v) is 13.0. The number of hydrogen-bond acceptors (Lipinski definition) is 6. The summed E-state index contributed by atoms with van der Waals surface area (Å²) >= 11 is 0. The molecule has 1 aromatic rings. The van der Waals surface area contributed by atoms with Crippen molar-refractivity contribution in [3.63, 3.8) is 0 Å². The first-order valence-electron chi connectivity index (χ1n) is 7.07. The van der Waals surface area contributed by atoms with Crippen LogP contribution in [-0.2, 0) is 20.8 Å². The van der Waals surface area contributed by atoms with Crippen LogP contribution in [-0.4, -0.2) is 43.7 Å². The molecule has 1 aromatic carbocycles. The van der Waals surface area contributed by atoms with E-state index >= 15 is 0 Å². The number of benzene rings is 1. The Balaban J connectivity index is 1.81. The molecule has 0 bridgehead atoms. The minimum absolute atomic E-state index is 0.0672. The first-order valence-corrected chi connectivity index (χ1v) is 7.07. The largest absolute Gasteiger partial charge is 0.493 e. The second-order valence-electron chi connectivity index (χ2n) is 4.83. The van der Waals surface area contributed by atoms with Crippen LogP contribution in [0.4, 0.5) is 4.79 Å². The number of methoxy groups -OCH3 is 2. The Morgan fingerprint density at radius 2 is 1.78 bits per heavy atom. The van der Waals surface area contributed by atoms with Gasteiger partial charge in [0.25, 0.3) is 11.8 Å². The lowest BCUT2D eigenvalue weighted by Gasteiger charge is -2.13. The molecule has 0 unspecified atom stereocenters. The van der Waals surface area contributed by atoms with Crippen LogP contribution in [0.5, 0.6) is 11.5 Å². The fraction of sp³-hybridized carbons (Fsp3) is 0.400. The standard InChI is InChI=1S/C15H18N2O6/c1-21-11-4-3-10(9-12(11)22-2)7-8-16-15(20)23-17-13(18)5-6-14(17)19/h3-4,9H,5-8H2,1-2H3,(H,16,20). The first kappa shape index (κ1) is 16.6. The van der Waals surface area contributed by atoms with Crippen LogP contribution in [0, 0.1) is 0 Å². The topological polar surface area (TPSA) is 94.2 Å². The van der Waals surface area contributed by atoms with Gasteiger partial charge >= 0.3 is 6.09 Å². The third kappa shape index (κ3) is 4.12. The summed E-state index contributed by atoms with van der Waals surface area (Å²) in [5, 5.41) is 2.99. The molecule has 23 heavy (non-hydrogen) atoms. The minimum atomic E-state index is -0.839. The number of carbonyl (C=O) groups excluding carboxylic acids is 3. The van der Waals surface area contributed by atoms with Gasteiger partial charge in [0.1, 0.15) is 0 Å². The molecule has 1 fully saturated rings. The Kier molecular flexibility index (Phi) is 5.40.